The Labute approximate surface area is 215 Å². The van der Waals surface area contributed by atoms with Gasteiger partial charge in [-0.2, -0.15) is 0 Å². The minimum atomic E-state index is -0.244. The van der Waals surface area contributed by atoms with Crippen molar-refractivity contribution in [2.45, 2.75) is 19.6 Å². The van der Waals surface area contributed by atoms with Crippen LogP contribution in [0.1, 0.15) is 37.4 Å². The molecule has 1 aliphatic rings. The third-order valence-electron chi connectivity index (χ3n) is 6.13. The summed E-state index contributed by atoms with van der Waals surface area (Å²) < 4.78 is 10.7. The molecule has 0 fully saturated rings. The molecule has 4 aromatic rings. The van der Waals surface area contributed by atoms with Crippen LogP contribution in [-0.2, 0) is 19.6 Å². The standard InChI is InChI=1S/C30H27N3O4/c31-17-22-5-4-6-23(15-22)19-33(30(35)24-7-2-1-3-8-24)18-21-9-12-26(13-10-21)32-29(34)25-11-14-27-28(16-25)37-20-36-27/h1-16H,17-20,31H2,(H,32,34). The highest BCUT2D eigenvalue weighted by Crippen LogP contribution is 2.32. The second-order valence-electron chi connectivity index (χ2n) is 8.77. The van der Waals surface area contributed by atoms with E-state index in [0.29, 0.717) is 47.9 Å². The van der Waals surface area contributed by atoms with E-state index in [1.54, 1.807) is 18.2 Å². The molecule has 0 saturated carbocycles. The van der Waals surface area contributed by atoms with Gasteiger partial charge in [-0.15, -0.1) is 0 Å². The van der Waals surface area contributed by atoms with Gasteiger partial charge in [-0.05, 0) is 59.2 Å². The molecule has 5 rings (SSSR count). The second kappa shape index (κ2) is 11.0. The van der Waals surface area contributed by atoms with Crippen molar-refractivity contribution in [3.05, 3.63) is 125 Å². The molecular weight excluding hydrogens is 466 g/mol. The van der Waals surface area contributed by atoms with Crippen LogP contribution < -0.4 is 20.5 Å². The lowest BCUT2D eigenvalue weighted by atomic mass is 10.1. The van der Waals surface area contributed by atoms with Crippen LogP contribution in [0, 0.1) is 0 Å². The van der Waals surface area contributed by atoms with Crippen LogP contribution in [0.15, 0.2) is 97.1 Å². The van der Waals surface area contributed by atoms with Crippen LogP contribution in [0.2, 0.25) is 0 Å². The lowest BCUT2D eigenvalue weighted by Crippen LogP contribution is -2.30. The molecule has 0 saturated heterocycles. The number of nitrogens with zero attached hydrogens (tertiary/aromatic N) is 1. The van der Waals surface area contributed by atoms with Gasteiger partial charge >= 0.3 is 0 Å². The highest BCUT2D eigenvalue weighted by Gasteiger charge is 2.18. The normalized spacial score (nSPS) is 11.7. The number of carbonyl (C=O) groups is 2. The van der Waals surface area contributed by atoms with E-state index in [0.717, 1.165) is 16.7 Å². The summed E-state index contributed by atoms with van der Waals surface area (Å²) >= 11 is 0. The highest BCUT2D eigenvalue weighted by atomic mass is 16.7. The van der Waals surface area contributed by atoms with Crippen LogP contribution in [0.4, 0.5) is 5.69 Å². The Morgan fingerprint density at radius 1 is 0.730 bits per heavy atom. The summed E-state index contributed by atoms with van der Waals surface area (Å²) in [7, 11) is 0. The number of benzene rings is 4. The number of hydrogen-bond acceptors (Lipinski definition) is 5. The molecule has 186 valence electrons. The van der Waals surface area contributed by atoms with Crippen molar-refractivity contribution in [1.82, 2.24) is 4.90 Å². The number of anilines is 1. The molecule has 4 aromatic carbocycles. The smallest absolute Gasteiger partial charge is 0.255 e. The summed E-state index contributed by atoms with van der Waals surface area (Å²) in [5.74, 6) is 0.888. The van der Waals surface area contributed by atoms with Crippen LogP contribution in [0.3, 0.4) is 0 Å². The van der Waals surface area contributed by atoms with Crippen LogP contribution >= 0.6 is 0 Å². The fourth-order valence-corrected chi connectivity index (χ4v) is 4.19. The summed E-state index contributed by atoms with van der Waals surface area (Å²) in [5, 5.41) is 2.90. The molecule has 7 heteroatoms. The molecule has 3 N–H and O–H groups in total. The average molecular weight is 494 g/mol. The fourth-order valence-electron chi connectivity index (χ4n) is 4.19. The van der Waals surface area contributed by atoms with Gasteiger partial charge in [-0.25, -0.2) is 0 Å². The van der Waals surface area contributed by atoms with Gasteiger partial charge in [0.2, 0.25) is 6.79 Å². The maximum atomic E-state index is 13.4. The first-order valence-electron chi connectivity index (χ1n) is 12.0. The van der Waals surface area contributed by atoms with Crippen molar-refractivity contribution >= 4 is 17.5 Å². The number of fused-ring (bicyclic) bond motifs is 1. The number of hydrogen-bond donors (Lipinski definition) is 2. The lowest BCUT2D eigenvalue weighted by Gasteiger charge is -2.24. The fraction of sp³-hybridized carbons (Fsp3) is 0.133. The largest absolute Gasteiger partial charge is 0.454 e. The third kappa shape index (κ3) is 5.79. The van der Waals surface area contributed by atoms with Gasteiger partial charge in [0.1, 0.15) is 0 Å². The number of nitrogens with two attached hydrogens (primary N) is 1. The number of amides is 2. The molecule has 0 atom stereocenters. The van der Waals surface area contributed by atoms with Crippen molar-refractivity contribution in [2.24, 2.45) is 5.73 Å². The van der Waals surface area contributed by atoms with E-state index in [-0.39, 0.29) is 18.6 Å². The first-order chi connectivity index (χ1) is 18.1. The predicted molar refractivity (Wildman–Crippen MR) is 141 cm³/mol. The van der Waals surface area contributed by atoms with E-state index in [1.807, 2.05) is 83.8 Å². The van der Waals surface area contributed by atoms with Crippen molar-refractivity contribution in [3.63, 3.8) is 0 Å². The molecular formula is C30H27N3O4. The number of ether oxygens (including phenoxy) is 2. The Morgan fingerprint density at radius 3 is 2.24 bits per heavy atom. The van der Waals surface area contributed by atoms with E-state index < -0.39 is 0 Å². The quantitative estimate of drug-likeness (QED) is 0.362. The number of rotatable bonds is 8. The Balaban J connectivity index is 1.30. The maximum Gasteiger partial charge on any atom is 0.255 e. The van der Waals surface area contributed by atoms with E-state index in [9.17, 15) is 9.59 Å². The first-order valence-corrected chi connectivity index (χ1v) is 12.0. The zero-order chi connectivity index (χ0) is 25.6. The Morgan fingerprint density at radius 2 is 1.46 bits per heavy atom. The van der Waals surface area contributed by atoms with E-state index in [2.05, 4.69) is 5.32 Å². The topological polar surface area (TPSA) is 93.9 Å². The molecule has 0 spiro atoms. The first kappa shape index (κ1) is 24.1. The molecule has 0 radical (unpaired) electrons. The molecule has 0 bridgehead atoms. The zero-order valence-corrected chi connectivity index (χ0v) is 20.2. The summed E-state index contributed by atoms with van der Waals surface area (Å²) in [5.41, 5.74) is 10.6. The van der Waals surface area contributed by atoms with Gasteiger partial charge in [0.05, 0.1) is 0 Å². The SMILES string of the molecule is NCc1cccc(CN(Cc2ccc(NC(=O)c3ccc4c(c3)OCO4)cc2)C(=O)c2ccccc2)c1. The van der Waals surface area contributed by atoms with Gasteiger partial charge in [0.15, 0.2) is 11.5 Å². The van der Waals surface area contributed by atoms with E-state index >= 15 is 0 Å². The molecule has 0 aromatic heterocycles. The highest BCUT2D eigenvalue weighted by molar-refractivity contribution is 6.04. The minimum Gasteiger partial charge on any atom is -0.454 e. The van der Waals surface area contributed by atoms with Gasteiger partial charge in [0.25, 0.3) is 11.8 Å². The molecule has 2 amide bonds. The van der Waals surface area contributed by atoms with Gasteiger partial charge in [-0.3, -0.25) is 9.59 Å². The third-order valence-corrected chi connectivity index (χ3v) is 6.13. The van der Waals surface area contributed by atoms with Crippen molar-refractivity contribution in [2.75, 3.05) is 12.1 Å². The van der Waals surface area contributed by atoms with Gasteiger partial charge in [0, 0.05) is 36.4 Å². The molecule has 37 heavy (non-hydrogen) atoms. The summed E-state index contributed by atoms with van der Waals surface area (Å²) in [6, 6.07) is 29.8. The van der Waals surface area contributed by atoms with Crippen LogP contribution in [0.5, 0.6) is 11.5 Å². The maximum absolute atomic E-state index is 13.4. The van der Waals surface area contributed by atoms with Crippen LogP contribution in [-0.4, -0.2) is 23.5 Å². The summed E-state index contributed by atoms with van der Waals surface area (Å²) in [6.07, 6.45) is 0. The number of nitrogens with one attached hydrogen (secondary N) is 1. The number of carbonyl (C=O) groups excluding carboxylic acids is 2. The second-order valence-corrected chi connectivity index (χ2v) is 8.77. The average Bonchev–Trinajstić information content (AvgIpc) is 3.42. The molecule has 0 aliphatic carbocycles. The van der Waals surface area contributed by atoms with Crippen molar-refractivity contribution in [3.8, 4) is 11.5 Å². The molecule has 1 aliphatic heterocycles. The monoisotopic (exact) mass is 493 g/mol. The Bertz CT molecular complexity index is 1400. The van der Waals surface area contributed by atoms with Crippen molar-refractivity contribution in [1.29, 1.82) is 0 Å². The molecule has 1 heterocycles. The van der Waals surface area contributed by atoms with Gasteiger partial charge < -0.3 is 25.4 Å². The molecule has 0 unspecified atom stereocenters. The minimum absolute atomic E-state index is 0.0565. The zero-order valence-electron chi connectivity index (χ0n) is 20.2. The Hall–Kier alpha value is -4.62. The van der Waals surface area contributed by atoms with Crippen molar-refractivity contribution < 1.29 is 19.1 Å². The predicted octanol–water partition coefficient (Wildman–Crippen LogP) is 4.97. The lowest BCUT2D eigenvalue weighted by molar-refractivity contribution is 0.0730. The Kier molecular flexibility index (Phi) is 7.14. The molecule has 7 nitrogen and oxygen atoms in total. The summed E-state index contributed by atoms with van der Waals surface area (Å²) in [6.45, 7) is 1.46. The van der Waals surface area contributed by atoms with E-state index in [1.165, 1.54) is 0 Å². The van der Waals surface area contributed by atoms with E-state index in [4.69, 9.17) is 15.2 Å². The van der Waals surface area contributed by atoms with Crippen LogP contribution in [0.25, 0.3) is 0 Å². The summed E-state index contributed by atoms with van der Waals surface area (Å²) in [4.78, 5) is 27.9. The van der Waals surface area contributed by atoms with Gasteiger partial charge in [-0.1, -0.05) is 54.6 Å².